The highest BCUT2D eigenvalue weighted by Crippen LogP contribution is 2.31. The number of hydrogen-bond acceptors (Lipinski definition) is 3. The number of nitrogens with two attached hydrogens (primary N) is 1. The molecule has 4 N–H and O–H groups in total. The molecule has 2 rings (SSSR count). The van der Waals surface area contributed by atoms with E-state index in [4.69, 9.17) is 28.9 Å². The Morgan fingerprint density at radius 2 is 1.71 bits per heavy atom. The van der Waals surface area contributed by atoms with E-state index < -0.39 is 6.04 Å². The van der Waals surface area contributed by atoms with Crippen LogP contribution in [0.5, 0.6) is 0 Å². The van der Waals surface area contributed by atoms with Crippen molar-refractivity contribution in [2.24, 2.45) is 0 Å². The number of rotatable bonds is 5. The molecule has 0 heterocycles. The second-order valence-corrected chi connectivity index (χ2v) is 6.08. The molecule has 2 aromatic rings. The van der Waals surface area contributed by atoms with Crippen LogP contribution in [0, 0.1) is 0 Å². The number of amides is 2. The number of carbonyl (C=O) groups excluding carboxylic acids is 2. The Balaban J connectivity index is 2.12. The van der Waals surface area contributed by atoms with Gasteiger partial charge in [0.1, 0.15) is 0 Å². The number of nitrogens with one attached hydrogen (secondary N) is 2. The van der Waals surface area contributed by atoms with Gasteiger partial charge in [0.25, 0.3) is 0 Å². The van der Waals surface area contributed by atoms with Gasteiger partial charge in [-0.25, -0.2) is 0 Å². The van der Waals surface area contributed by atoms with Crippen LogP contribution in [0.4, 0.5) is 11.4 Å². The average molecular weight is 366 g/mol. The lowest BCUT2D eigenvalue weighted by Gasteiger charge is -2.18. The van der Waals surface area contributed by atoms with E-state index in [2.05, 4.69) is 10.6 Å². The van der Waals surface area contributed by atoms with Gasteiger partial charge in [-0.1, -0.05) is 53.5 Å². The molecule has 126 valence electrons. The summed E-state index contributed by atoms with van der Waals surface area (Å²) in [7, 11) is 0. The molecule has 2 aromatic carbocycles. The molecule has 0 radical (unpaired) electrons. The van der Waals surface area contributed by atoms with E-state index in [1.807, 2.05) is 30.3 Å². The van der Waals surface area contributed by atoms with Crippen molar-refractivity contribution in [3.63, 3.8) is 0 Å². The second-order valence-electron chi connectivity index (χ2n) is 5.27. The smallest absolute Gasteiger partial charge is 0.226 e. The normalized spacial score (nSPS) is 11.6. The minimum absolute atomic E-state index is 0.0726. The molecule has 7 heteroatoms. The molecule has 0 saturated carbocycles. The van der Waals surface area contributed by atoms with Crippen LogP contribution >= 0.6 is 23.2 Å². The minimum Gasteiger partial charge on any atom is -0.396 e. The summed E-state index contributed by atoms with van der Waals surface area (Å²) in [6.45, 7) is 1.41. The van der Waals surface area contributed by atoms with Crippen molar-refractivity contribution in [2.75, 3.05) is 11.1 Å². The first-order chi connectivity index (χ1) is 11.4. The van der Waals surface area contributed by atoms with Gasteiger partial charge in [-0.15, -0.1) is 0 Å². The number of benzene rings is 2. The zero-order valence-corrected chi connectivity index (χ0v) is 14.5. The third-order valence-corrected chi connectivity index (χ3v) is 3.96. The van der Waals surface area contributed by atoms with Gasteiger partial charge in [0.15, 0.2) is 0 Å². The zero-order chi connectivity index (χ0) is 17.7. The number of nitrogen functional groups attached to an aromatic ring is 1. The zero-order valence-electron chi connectivity index (χ0n) is 13.0. The Kier molecular flexibility index (Phi) is 6.06. The fraction of sp³-hybridized carbons (Fsp3) is 0.176. The van der Waals surface area contributed by atoms with Gasteiger partial charge >= 0.3 is 0 Å². The van der Waals surface area contributed by atoms with E-state index in [-0.39, 0.29) is 34.0 Å². The second kappa shape index (κ2) is 8.04. The van der Waals surface area contributed by atoms with Crippen LogP contribution in [0.3, 0.4) is 0 Å². The molecule has 0 aliphatic heterocycles. The van der Waals surface area contributed by atoms with Crippen LogP contribution in [0.25, 0.3) is 0 Å². The van der Waals surface area contributed by atoms with E-state index in [0.29, 0.717) is 5.69 Å². The van der Waals surface area contributed by atoms with Crippen molar-refractivity contribution in [1.29, 1.82) is 0 Å². The van der Waals surface area contributed by atoms with E-state index in [9.17, 15) is 9.59 Å². The van der Waals surface area contributed by atoms with Crippen molar-refractivity contribution < 1.29 is 9.59 Å². The molecule has 0 spiro atoms. The molecular weight excluding hydrogens is 349 g/mol. The predicted octanol–water partition coefficient (Wildman–Crippen LogP) is 3.78. The van der Waals surface area contributed by atoms with Crippen LogP contribution in [0.1, 0.15) is 24.9 Å². The first-order valence-electron chi connectivity index (χ1n) is 7.23. The van der Waals surface area contributed by atoms with Crippen LogP contribution < -0.4 is 16.4 Å². The van der Waals surface area contributed by atoms with Crippen molar-refractivity contribution in [3.05, 3.63) is 58.1 Å². The monoisotopic (exact) mass is 365 g/mol. The van der Waals surface area contributed by atoms with Crippen molar-refractivity contribution in [1.82, 2.24) is 5.32 Å². The maximum atomic E-state index is 12.3. The van der Waals surface area contributed by atoms with Crippen molar-refractivity contribution in [2.45, 2.75) is 19.4 Å². The predicted molar refractivity (Wildman–Crippen MR) is 97.1 cm³/mol. The van der Waals surface area contributed by atoms with Crippen LogP contribution in [0.2, 0.25) is 10.0 Å². The van der Waals surface area contributed by atoms with Gasteiger partial charge in [-0.05, 0) is 17.7 Å². The number of hydrogen-bond donors (Lipinski definition) is 3. The molecule has 0 saturated heterocycles. The highest BCUT2D eigenvalue weighted by molar-refractivity contribution is 6.39. The molecule has 1 atom stereocenters. The summed E-state index contributed by atoms with van der Waals surface area (Å²) in [6, 6.07) is 11.9. The highest BCUT2D eigenvalue weighted by atomic mass is 35.5. The van der Waals surface area contributed by atoms with Crippen LogP contribution in [0.15, 0.2) is 42.5 Å². The summed E-state index contributed by atoms with van der Waals surface area (Å²) in [6.07, 6.45) is 0.0726. The third kappa shape index (κ3) is 4.88. The van der Waals surface area contributed by atoms with Gasteiger partial charge in [0.2, 0.25) is 11.8 Å². The van der Waals surface area contributed by atoms with Crippen LogP contribution in [-0.4, -0.2) is 11.8 Å². The van der Waals surface area contributed by atoms with Gasteiger partial charge in [0, 0.05) is 12.6 Å². The maximum absolute atomic E-state index is 12.3. The molecule has 0 aliphatic rings. The van der Waals surface area contributed by atoms with Crippen molar-refractivity contribution in [3.8, 4) is 0 Å². The first kappa shape index (κ1) is 18.1. The fourth-order valence-corrected chi connectivity index (χ4v) is 2.72. The summed E-state index contributed by atoms with van der Waals surface area (Å²) in [5.41, 5.74) is 7.22. The van der Waals surface area contributed by atoms with Crippen LogP contribution in [-0.2, 0) is 9.59 Å². The molecular formula is C17H17Cl2N3O2. The molecule has 0 bridgehead atoms. The standard InChI is InChI=1S/C17H17Cl2N3O2/c1-10(23)21-15(11-5-3-2-4-6-11)9-16(24)22-12-7-13(18)17(20)14(19)8-12/h2-8,15H,9,20H2,1H3,(H,21,23)(H,22,24). The number of carbonyl (C=O) groups is 2. The summed E-state index contributed by atoms with van der Waals surface area (Å²) >= 11 is 11.9. The van der Waals surface area contributed by atoms with Gasteiger partial charge in [-0.3, -0.25) is 9.59 Å². The molecule has 0 aliphatic carbocycles. The SMILES string of the molecule is CC(=O)NC(CC(=O)Nc1cc(Cl)c(N)c(Cl)c1)c1ccccc1. The van der Waals surface area contributed by atoms with E-state index in [1.165, 1.54) is 19.1 Å². The summed E-state index contributed by atoms with van der Waals surface area (Å²) in [5.74, 6) is -0.496. The topological polar surface area (TPSA) is 84.2 Å². The largest absolute Gasteiger partial charge is 0.396 e. The molecule has 0 aromatic heterocycles. The lowest BCUT2D eigenvalue weighted by atomic mass is 10.0. The highest BCUT2D eigenvalue weighted by Gasteiger charge is 2.17. The summed E-state index contributed by atoms with van der Waals surface area (Å²) < 4.78 is 0. The molecule has 24 heavy (non-hydrogen) atoms. The van der Waals surface area contributed by atoms with Gasteiger partial charge < -0.3 is 16.4 Å². The Morgan fingerprint density at radius 1 is 1.12 bits per heavy atom. The number of anilines is 2. The molecule has 1 unspecified atom stereocenters. The van der Waals surface area contributed by atoms with E-state index in [1.54, 1.807) is 0 Å². The lowest BCUT2D eigenvalue weighted by molar-refractivity contribution is -0.120. The Bertz CT molecular complexity index is 728. The molecule has 0 fully saturated rings. The van der Waals surface area contributed by atoms with Gasteiger partial charge in [-0.2, -0.15) is 0 Å². The van der Waals surface area contributed by atoms with Crippen molar-refractivity contribution >= 4 is 46.4 Å². The minimum atomic E-state index is -0.427. The molecule has 5 nitrogen and oxygen atoms in total. The fourth-order valence-electron chi connectivity index (χ4n) is 2.24. The Morgan fingerprint density at radius 3 is 2.25 bits per heavy atom. The lowest BCUT2D eigenvalue weighted by Crippen LogP contribution is -2.29. The quantitative estimate of drug-likeness (QED) is 0.704. The van der Waals surface area contributed by atoms with E-state index in [0.717, 1.165) is 5.56 Å². The average Bonchev–Trinajstić information content (AvgIpc) is 2.52. The molecule has 2 amide bonds. The van der Waals surface area contributed by atoms with Gasteiger partial charge in [0.05, 0.1) is 28.2 Å². The maximum Gasteiger partial charge on any atom is 0.226 e. The Hall–Kier alpha value is -2.24. The first-order valence-corrected chi connectivity index (χ1v) is 7.99. The Labute approximate surface area is 150 Å². The number of halogens is 2. The van der Waals surface area contributed by atoms with E-state index >= 15 is 0 Å². The summed E-state index contributed by atoms with van der Waals surface area (Å²) in [4.78, 5) is 23.7. The summed E-state index contributed by atoms with van der Waals surface area (Å²) in [5, 5.41) is 6.01. The third-order valence-electron chi connectivity index (χ3n) is 3.33.